The van der Waals surface area contributed by atoms with Gasteiger partial charge in [-0.2, -0.15) is 0 Å². The lowest BCUT2D eigenvalue weighted by atomic mass is 10.2. The highest BCUT2D eigenvalue weighted by Crippen LogP contribution is 2.29. The van der Waals surface area contributed by atoms with Crippen LogP contribution in [0, 0.1) is 0 Å². The highest BCUT2D eigenvalue weighted by atomic mass is 35.5. The van der Waals surface area contributed by atoms with Gasteiger partial charge in [0.05, 0.1) is 23.4 Å². The Morgan fingerprint density at radius 3 is 2.83 bits per heavy atom. The lowest BCUT2D eigenvalue weighted by Gasteiger charge is -2.10. The maximum absolute atomic E-state index is 11.4. The molecule has 2 rings (SSSR count). The molecule has 94 valence electrons. The predicted molar refractivity (Wildman–Crippen MR) is 78.1 cm³/mol. The van der Waals surface area contributed by atoms with Gasteiger partial charge in [-0.1, -0.05) is 11.6 Å². The highest BCUT2D eigenvalue weighted by Gasteiger charge is 2.11. The van der Waals surface area contributed by atoms with E-state index in [-0.39, 0.29) is 5.12 Å². The lowest BCUT2D eigenvalue weighted by molar-refractivity contribution is 0.109. The van der Waals surface area contributed by atoms with Crippen LogP contribution in [-0.2, 0) is 6.54 Å². The van der Waals surface area contributed by atoms with Crippen molar-refractivity contribution in [3.05, 3.63) is 46.9 Å². The molecule has 0 bridgehead atoms. The van der Waals surface area contributed by atoms with Gasteiger partial charge in [-0.25, -0.2) is 0 Å². The molecule has 0 aliphatic heterocycles. The second-order valence-electron chi connectivity index (χ2n) is 3.59. The molecule has 2 aromatic rings. The molecule has 1 N–H and O–H groups in total. The van der Waals surface area contributed by atoms with Crippen molar-refractivity contribution in [1.29, 1.82) is 0 Å². The Hall–Kier alpha value is -1.04. The second-order valence-corrected chi connectivity index (χ2v) is 4.88. The van der Waals surface area contributed by atoms with E-state index in [0.717, 1.165) is 5.76 Å². The fourth-order valence-corrected chi connectivity index (χ4v) is 2.02. The van der Waals surface area contributed by atoms with Crippen molar-refractivity contribution in [2.24, 2.45) is 0 Å². The first kappa shape index (κ1) is 13.4. The third-order valence-electron chi connectivity index (χ3n) is 2.35. The minimum Gasteiger partial charge on any atom is -0.467 e. The molecule has 1 aromatic carbocycles. The molecule has 3 nitrogen and oxygen atoms in total. The molecule has 6 heteroatoms. The van der Waals surface area contributed by atoms with Gasteiger partial charge in [0.15, 0.2) is 0 Å². The van der Waals surface area contributed by atoms with Crippen LogP contribution in [0.1, 0.15) is 16.1 Å². The molecule has 1 aromatic heterocycles. The number of nitrogens with one attached hydrogen (secondary N) is 1. The summed E-state index contributed by atoms with van der Waals surface area (Å²) in [5.74, 6) is 0.763. The molecule has 0 saturated carbocycles. The van der Waals surface area contributed by atoms with E-state index in [1.165, 1.54) is 0 Å². The Morgan fingerprint density at radius 1 is 1.44 bits per heavy atom. The number of carbonyl (C=O) groups excluding carboxylic acids is 1. The van der Waals surface area contributed by atoms with Crippen molar-refractivity contribution in [3.8, 4) is 0 Å². The van der Waals surface area contributed by atoms with Gasteiger partial charge in [0, 0.05) is 10.6 Å². The Kier molecular flexibility index (Phi) is 4.27. The van der Waals surface area contributed by atoms with Gasteiger partial charge in [-0.05, 0) is 24.3 Å². The van der Waals surface area contributed by atoms with E-state index in [1.807, 2.05) is 6.07 Å². The average molecular weight is 300 g/mol. The van der Waals surface area contributed by atoms with E-state index in [1.54, 1.807) is 24.5 Å². The van der Waals surface area contributed by atoms with Crippen LogP contribution in [0.4, 0.5) is 5.69 Å². The summed E-state index contributed by atoms with van der Waals surface area (Å²) < 4.78 is 5.19. The number of hydrogen-bond acceptors (Lipinski definition) is 4. The maximum Gasteiger partial charge on any atom is 0.218 e. The zero-order valence-electron chi connectivity index (χ0n) is 9.18. The van der Waals surface area contributed by atoms with Crippen molar-refractivity contribution < 1.29 is 9.21 Å². The Labute approximate surface area is 120 Å². The summed E-state index contributed by atoms with van der Waals surface area (Å²) in [6.07, 6.45) is 1.59. The molecule has 0 aliphatic carbocycles. The third-order valence-corrected chi connectivity index (χ3v) is 3.41. The summed E-state index contributed by atoms with van der Waals surface area (Å²) in [4.78, 5) is 12.0. The number of halogens is 1. The normalized spacial score (nSPS) is 10.4. The molecule has 0 radical (unpaired) electrons. The Bertz CT molecular complexity index is 570. The average Bonchev–Trinajstić information content (AvgIpc) is 2.83. The summed E-state index contributed by atoms with van der Waals surface area (Å²) in [7, 11) is 0. The van der Waals surface area contributed by atoms with Gasteiger partial charge < -0.3 is 9.73 Å². The first-order valence-corrected chi connectivity index (χ1v) is 6.37. The van der Waals surface area contributed by atoms with Crippen LogP contribution >= 0.6 is 36.9 Å². The molecular formula is C12H10ClNO2S2. The molecule has 1 heterocycles. The number of anilines is 1. The van der Waals surface area contributed by atoms with Crippen LogP contribution in [0.25, 0.3) is 0 Å². The van der Waals surface area contributed by atoms with Crippen LogP contribution in [0.5, 0.6) is 0 Å². The lowest BCUT2D eigenvalue weighted by Crippen LogP contribution is -2.04. The Morgan fingerprint density at radius 2 is 2.22 bits per heavy atom. The van der Waals surface area contributed by atoms with Gasteiger partial charge in [0.2, 0.25) is 5.12 Å². The van der Waals surface area contributed by atoms with E-state index in [4.69, 9.17) is 16.0 Å². The molecule has 0 amide bonds. The zero-order chi connectivity index (χ0) is 13.1. The topological polar surface area (TPSA) is 42.2 Å². The van der Waals surface area contributed by atoms with Crippen LogP contribution < -0.4 is 5.32 Å². The largest absolute Gasteiger partial charge is 0.467 e. The number of furan rings is 1. The van der Waals surface area contributed by atoms with Crippen LogP contribution in [0.3, 0.4) is 0 Å². The molecule has 0 saturated heterocycles. The first-order valence-electron chi connectivity index (χ1n) is 5.10. The van der Waals surface area contributed by atoms with E-state index < -0.39 is 0 Å². The zero-order valence-corrected chi connectivity index (χ0v) is 11.7. The van der Waals surface area contributed by atoms with Gasteiger partial charge >= 0.3 is 0 Å². The molecule has 0 aliphatic rings. The summed E-state index contributed by atoms with van der Waals surface area (Å²) in [6.45, 7) is 0.462. The monoisotopic (exact) mass is 299 g/mol. The fraction of sp³-hybridized carbons (Fsp3) is 0.0833. The van der Waals surface area contributed by atoms with E-state index in [0.29, 0.717) is 27.7 Å². The van der Waals surface area contributed by atoms with E-state index in [2.05, 4.69) is 30.6 Å². The number of hydrogen-bond donors (Lipinski definition) is 3. The molecule has 18 heavy (non-hydrogen) atoms. The SMILES string of the molecule is O=C(S)c1cc(S)c(Cl)cc1NCc1ccco1. The van der Waals surface area contributed by atoms with Crippen molar-refractivity contribution in [3.63, 3.8) is 0 Å². The molecular weight excluding hydrogens is 290 g/mol. The minimum atomic E-state index is -0.344. The van der Waals surface area contributed by atoms with Gasteiger partial charge in [-0.3, -0.25) is 4.79 Å². The number of rotatable bonds is 4. The molecule has 0 unspecified atom stereocenters. The molecule has 0 fully saturated rings. The fourth-order valence-electron chi connectivity index (χ4n) is 1.48. The Balaban J connectivity index is 2.25. The van der Waals surface area contributed by atoms with Crippen molar-refractivity contribution in [2.45, 2.75) is 11.4 Å². The van der Waals surface area contributed by atoms with Crippen LogP contribution in [0.15, 0.2) is 39.8 Å². The maximum atomic E-state index is 11.4. The molecule has 0 spiro atoms. The smallest absolute Gasteiger partial charge is 0.218 e. The summed E-state index contributed by atoms with van der Waals surface area (Å²) in [5.41, 5.74) is 1.04. The van der Waals surface area contributed by atoms with Gasteiger partial charge in [-0.15, -0.1) is 25.3 Å². The standard InChI is InChI=1S/C12H10ClNO2S2/c13-9-5-10(8(12(15)18)4-11(9)17)14-6-7-2-1-3-16-7/h1-5,14,17H,6H2,(H,15,18). The van der Waals surface area contributed by atoms with Crippen molar-refractivity contribution >= 4 is 47.7 Å². The highest BCUT2D eigenvalue weighted by molar-refractivity contribution is 7.97. The van der Waals surface area contributed by atoms with Gasteiger partial charge in [0.1, 0.15) is 5.76 Å². The number of benzene rings is 1. The van der Waals surface area contributed by atoms with Crippen molar-refractivity contribution in [1.82, 2.24) is 0 Å². The summed E-state index contributed by atoms with van der Waals surface area (Å²) in [6, 6.07) is 6.87. The van der Waals surface area contributed by atoms with Gasteiger partial charge in [0.25, 0.3) is 0 Å². The van der Waals surface area contributed by atoms with Crippen LogP contribution in [-0.4, -0.2) is 5.12 Å². The second kappa shape index (κ2) is 5.73. The quantitative estimate of drug-likeness (QED) is 0.750. The van der Waals surface area contributed by atoms with Crippen LogP contribution in [0.2, 0.25) is 5.02 Å². The summed E-state index contributed by atoms with van der Waals surface area (Å²) in [5, 5.41) is 3.21. The first-order chi connectivity index (χ1) is 8.58. The van der Waals surface area contributed by atoms with E-state index >= 15 is 0 Å². The minimum absolute atomic E-state index is 0.344. The predicted octanol–water partition coefficient (Wildman–Crippen LogP) is 3.90. The van der Waals surface area contributed by atoms with Crippen molar-refractivity contribution in [2.75, 3.05) is 5.32 Å². The summed E-state index contributed by atoms with van der Waals surface area (Å²) >= 11 is 14.0. The number of carbonyl (C=O) groups is 1. The molecule has 0 atom stereocenters. The number of thiol groups is 2. The van der Waals surface area contributed by atoms with E-state index in [9.17, 15) is 4.79 Å². The third kappa shape index (κ3) is 3.04.